The molecule has 4 nitrogen and oxygen atoms in total. The van der Waals surface area contributed by atoms with E-state index in [1.165, 1.54) is 0 Å². The van der Waals surface area contributed by atoms with Crippen LogP contribution in [-0.4, -0.2) is 24.8 Å². The first-order valence-corrected chi connectivity index (χ1v) is 8.26. The lowest BCUT2D eigenvalue weighted by Gasteiger charge is -2.19. The molecule has 0 bridgehead atoms. The number of hydrogen-bond acceptors (Lipinski definition) is 3. The molecule has 1 aromatic rings. The van der Waals surface area contributed by atoms with Crippen molar-refractivity contribution in [2.24, 2.45) is 5.92 Å². The highest BCUT2D eigenvalue weighted by molar-refractivity contribution is 6.30. The van der Waals surface area contributed by atoms with Crippen molar-refractivity contribution < 1.29 is 18.7 Å². The first-order chi connectivity index (χ1) is 11.2. The van der Waals surface area contributed by atoms with Crippen molar-refractivity contribution in [2.75, 3.05) is 13.2 Å². The largest absolute Gasteiger partial charge is 0.486 e. The van der Waals surface area contributed by atoms with Crippen LogP contribution in [0.4, 0.5) is 9.18 Å². The standard InChI is InChI=1S/C18H23ClFNO3/c1-11(20)10-23-16-6-5-13(19)8-15(16)14-7-12(14)9-21-17(22)24-18(2,3)4/h5-6,8,12,14H,1,7,9-10H2,2-4H3,(H,21,22). The molecule has 0 saturated heterocycles. The fourth-order valence-electron chi connectivity index (χ4n) is 2.48. The van der Waals surface area contributed by atoms with Crippen molar-refractivity contribution in [1.82, 2.24) is 5.32 Å². The molecule has 0 spiro atoms. The Labute approximate surface area is 147 Å². The van der Waals surface area contributed by atoms with Crippen LogP contribution in [0, 0.1) is 5.92 Å². The molecule has 0 heterocycles. The maximum atomic E-state index is 12.8. The molecule has 1 amide bonds. The number of benzene rings is 1. The number of rotatable bonds is 6. The number of hydrogen-bond donors (Lipinski definition) is 1. The highest BCUT2D eigenvalue weighted by Gasteiger charge is 2.40. The molecule has 132 valence electrons. The summed E-state index contributed by atoms with van der Waals surface area (Å²) in [5.74, 6) is 0.575. The highest BCUT2D eigenvalue weighted by atomic mass is 35.5. The SMILES string of the molecule is C=C(F)COc1ccc(Cl)cc1C1CC1CNC(=O)OC(C)(C)C. The van der Waals surface area contributed by atoms with E-state index in [1.54, 1.807) is 12.1 Å². The van der Waals surface area contributed by atoms with E-state index < -0.39 is 17.5 Å². The number of halogens is 2. The molecule has 1 aliphatic carbocycles. The summed E-state index contributed by atoms with van der Waals surface area (Å²) >= 11 is 6.06. The summed E-state index contributed by atoms with van der Waals surface area (Å²) in [6.45, 7) is 8.99. The van der Waals surface area contributed by atoms with Gasteiger partial charge < -0.3 is 14.8 Å². The zero-order chi connectivity index (χ0) is 17.9. The van der Waals surface area contributed by atoms with E-state index in [2.05, 4.69) is 11.9 Å². The second-order valence-corrected chi connectivity index (χ2v) is 7.41. The summed E-state index contributed by atoms with van der Waals surface area (Å²) in [5, 5.41) is 3.38. The molecule has 1 fully saturated rings. The molecule has 0 aliphatic heterocycles. The summed E-state index contributed by atoms with van der Waals surface area (Å²) in [4.78, 5) is 11.7. The Morgan fingerprint density at radius 3 is 2.79 bits per heavy atom. The average Bonchev–Trinajstić information content (AvgIpc) is 3.21. The van der Waals surface area contributed by atoms with Crippen molar-refractivity contribution in [3.8, 4) is 5.75 Å². The van der Waals surface area contributed by atoms with E-state index in [0.29, 0.717) is 17.3 Å². The summed E-state index contributed by atoms with van der Waals surface area (Å²) in [6, 6.07) is 5.27. The molecule has 1 saturated carbocycles. The Hall–Kier alpha value is -1.75. The fourth-order valence-corrected chi connectivity index (χ4v) is 2.66. The fraction of sp³-hybridized carbons (Fsp3) is 0.500. The molecule has 0 radical (unpaired) electrons. The van der Waals surface area contributed by atoms with Gasteiger partial charge in [0.15, 0.2) is 0 Å². The van der Waals surface area contributed by atoms with Gasteiger partial charge in [-0.1, -0.05) is 18.2 Å². The third kappa shape index (κ3) is 5.71. The van der Waals surface area contributed by atoms with Gasteiger partial charge in [0.05, 0.1) is 0 Å². The predicted octanol–water partition coefficient (Wildman–Crippen LogP) is 4.83. The lowest BCUT2D eigenvalue weighted by molar-refractivity contribution is 0.0525. The van der Waals surface area contributed by atoms with Gasteiger partial charge in [-0.15, -0.1) is 0 Å². The third-order valence-electron chi connectivity index (χ3n) is 3.59. The Balaban J connectivity index is 1.93. The number of nitrogens with one attached hydrogen (secondary N) is 1. The lowest BCUT2D eigenvalue weighted by Crippen LogP contribution is -2.33. The van der Waals surface area contributed by atoms with E-state index in [1.807, 2.05) is 26.8 Å². The minimum Gasteiger partial charge on any atom is -0.486 e. The summed E-state index contributed by atoms with van der Waals surface area (Å²) in [5.41, 5.74) is 0.412. The van der Waals surface area contributed by atoms with Gasteiger partial charge in [0.1, 0.15) is 23.8 Å². The predicted molar refractivity (Wildman–Crippen MR) is 92.3 cm³/mol. The first-order valence-electron chi connectivity index (χ1n) is 7.88. The van der Waals surface area contributed by atoms with Gasteiger partial charge in [-0.25, -0.2) is 9.18 Å². The Morgan fingerprint density at radius 2 is 2.17 bits per heavy atom. The second-order valence-electron chi connectivity index (χ2n) is 6.97. The Bertz CT molecular complexity index is 627. The molecule has 6 heteroatoms. The number of alkyl carbamates (subject to hydrolysis) is 1. The van der Waals surface area contributed by atoms with Crippen LogP contribution in [0.25, 0.3) is 0 Å². The van der Waals surface area contributed by atoms with E-state index in [-0.39, 0.29) is 18.4 Å². The van der Waals surface area contributed by atoms with Crippen LogP contribution in [0.15, 0.2) is 30.6 Å². The molecule has 24 heavy (non-hydrogen) atoms. The third-order valence-corrected chi connectivity index (χ3v) is 3.82. The summed E-state index contributed by atoms with van der Waals surface area (Å²) in [6.07, 6.45) is 0.479. The zero-order valence-electron chi connectivity index (χ0n) is 14.2. The Morgan fingerprint density at radius 1 is 1.46 bits per heavy atom. The van der Waals surface area contributed by atoms with Crippen LogP contribution >= 0.6 is 11.6 Å². The van der Waals surface area contributed by atoms with Crippen LogP contribution < -0.4 is 10.1 Å². The maximum Gasteiger partial charge on any atom is 0.407 e. The topological polar surface area (TPSA) is 47.6 Å². The van der Waals surface area contributed by atoms with E-state index in [4.69, 9.17) is 21.1 Å². The zero-order valence-corrected chi connectivity index (χ0v) is 15.0. The van der Waals surface area contributed by atoms with Gasteiger partial charge in [-0.05, 0) is 62.8 Å². The van der Waals surface area contributed by atoms with E-state index in [0.717, 1.165) is 12.0 Å². The number of carbonyl (C=O) groups is 1. The quantitative estimate of drug-likeness (QED) is 0.795. The van der Waals surface area contributed by atoms with Crippen molar-refractivity contribution in [1.29, 1.82) is 0 Å². The van der Waals surface area contributed by atoms with Crippen molar-refractivity contribution in [3.05, 3.63) is 41.2 Å². The molecule has 2 rings (SSSR count). The minimum absolute atomic E-state index is 0.178. The molecule has 2 unspecified atom stereocenters. The molecular formula is C18H23ClFNO3. The molecule has 1 aromatic carbocycles. The second kappa shape index (κ2) is 7.43. The first kappa shape index (κ1) is 18.6. The number of amides is 1. The average molecular weight is 356 g/mol. The summed E-state index contributed by atoms with van der Waals surface area (Å²) < 4.78 is 23.5. The maximum absolute atomic E-state index is 12.8. The van der Waals surface area contributed by atoms with Gasteiger partial charge in [-0.3, -0.25) is 0 Å². The van der Waals surface area contributed by atoms with E-state index >= 15 is 0 Å². The van der Waals surface area contributed by atoms with Gasteiger partial charge in [0.25, 0.3) is 0 Å². The molecular weight excluding hydrogens is 333 g/mol. The number of carbonyl (C=O) groups excluding carboxylic acids is 1. The summed E-state index contributed by atoms with van der Waals surface area (Å²) in [7, 11) is 0. The Kier molecular flexibility index (Phi) is 5.75. The minimum atomic E-state index is -0.533. The van der Waals surface area contributed by atoms with Gasteiger partial charge in [-0.2, -0.15) is 0 Å². The van der Waals surface area contributed by atoms with Crippen LogP contribution in [0.1, 0.15) is 38.7 Å². The normalized spacial score (nSPS) is 19.5. The molecule has 2 atom stereocenters. The smallest absolute Gasteiger partial charge is 0.407 e. The van der Waals surface area contributed by atoms with Crippen LogP contribution in [-0.2, 0) is 4.74 Å². The highest BCUT2D eigenvalue weighted by Crippen LogP contribution is 2.50. The number of ether oxygens (including phenoxy) is 2. The van der Waals surface area contributed by atoms with Gasteiger partial charge >= 0.3 is 6.09 Å². The monoisotopic (exact) mass is 355 g/mol. The van der Waals surface area contributed by atoms with Crippen LogP contribution in [0.3, 0.4) is 0 Å². The molecule has 1 aliphatic rings. The van der Waals surface area contributed by atoms with Crippen LogP contribution in [0.2, 0.25) is 5.02 Å². The van der Waals surface area contributed by atoms with Gasteiger partial charge in [0.2, 0.25) is 0 Å². The van der Waals surface area contributed by atoms with Gasteiger partial charge in [0, 0.05) is 11.6 Å². The molecule has 0 aromatic heterocycles. The van der Waals surface area contributed by atoms with E-state index in [9.17, 15) is 9.18 Å². The lowest BCUT2D eigenvalue weighted by atomic mass is 10.1. The van der Waals surface area contributed by atoms with Crippen molar-refractivity contribution in [3.63, 3.8) is 0 Å². The van der Waals surface area contributed by atoms with Crippen molar-refractivity contribution >= 4 is 17.7 Å². The van der Waals surface area contributed by atoms with Crippen LogP contribution in [0.5, 0.6) is 5.75 Å². The molecule has 1 N–H and O–H groups in total. The van der Waals surface area contributed by atoms with Crippen molar-refractivity contribution in [2.45, 2.75) is 38.7 Å².